The summed E-state index contributed by atoms with van der Waals surface area (Å²) in [4.78, 5) is 38.4. The van der Waals surface area contributed by atoms with E-state index in [-0.39, 0.29) is 24.2 Å². The molecule has 0 bridgehead atoms. The van der Waals surface area contributed by atoms with Crippen molar-refractivity contribution in [3.63, 3.8) is 0 Å². The standard InChI is InChI=1S/C20H28N2O4S/c1-13-20(2,17(23)12-26-13)22-18(24)15(11-14-7-4-3-5-8-14)21-19(25)16-9-6-10-27-16/h6,9-10,13-15H,3-5,7-8,11-12H2,1-2H3,(H,21,25)(H,22,24). The Hall–Kier alpha value is -1.73. The molecule has 1 aliphatic carbocycles. The van der Waals surface area contributed by atoms with Gasteiger partial charge in [0.05, 0.1) is 11.0 Å². The van der Waals surface area contributed by atoms with Gasteiger partial charge in [-0.2, -0.15) is 0 Å². The van der Waals surface area contributed by atoms with E-state index in [2.05, 4.69) is 10.6 Å². The van der Waals surface area contributed by atoms with Gasteiger partial charge in [-0.25, -0.2) is 0 Å². The molecule has 1 aromatic heterocycles. The molecule has 2 fully saturated rings. The molecule has 3 rings (SSSR count). The average molecular weight is 393 g/mol. The third-order valence-corrected chi connectivity index (χ3v) is 6.77. The molecule has 0 spiro atoms. The van der Waals surface area contributed by atoms with Crippen molar-refractivity contribution >= 4 is 28.9 Å². The van der Waals surface area contributed by atoms with Crippen molar-refractivity contribution < 1.29 is 19.1 Å². The first-order valence-electron chi connectivity index (χ1n) is 9.71. The summed E-state index contributed by atoms with van der Waals surface area (Å²) < 4.78 is 5.40. The van der Waals surface area contributed by atoms with Crippen LogP contribution >= 0.6 is 11.3 Å². The molecule has 0 radical (unpaired) electrons. The minimum Gasteiger partial charge on any atom is -0.368 e. The smallest absolute Gasteiger partial charge is 0.261 e. The Balaban J connectivity index is 1.72. The fourth-order valence-electron chi connectivity index (χ4n) is 3.88. The van der Waals surface area contributed by atoms with Crippen molar-refractivity contribution in [1.29, 1.82) is 0 Å². The van der Waals surface area contributed by atoms with Crippen molar-refractivity contribution in [2.75, 3.05) is 6.61 Å². The summed E-state index contributed by atoms with van der Waals surface area (Å²) in [6.45, 7) is 3.49. The van der Waals surface area contributed by atoms with E-state index in [1.165, 1.54) is 30.6 Å². The van der Waals surface area contributed by atoms with Gasteiger partial charge in [0.25, 0.3) is 5.91 Å². The Morgan fingerprint density at radius 1 is 1.33 bits per heavy atom. The number of carbonyl (C=O) groups is 3. The number of ketones is 1. The molecule has 3 atom stereocenters. The van der Waals surface area contributed by atoms with Crippen LogP contribution in [0.1, 0.15) is 62.0 Å². The number of hydrogen-bond donors (Lipinski definition) is 2. The molecule has 2 heterocycles. The predicted molar refractivity (Wildman–Crippen MR) is 104 cm³/mol. The van der Waals surface area contributed by atoms with Gasteiger partial charge in [0, 0.05) is 0 Å². The Kier molecular flexibility index (Phi) is 6.32. The summed E-state index contributed by atoms with van der Waals surface area (Å²) in [5.74, 6) is -0.268. The number of thiophene rings is 1. The molecule has 2 amide bonds. The Labute approximate surface area is 164 Å². The molecule has 2 aliphatic rings. The lowest BCUT2D eigenvalue weighted by atomic mass is 9.84. The average Bonchev–Trinajstić information content (AvgIpc) is 3.27. The number of carbonyl (C=O) groups excluding carboxylic acids is 3. The first-order chi connectivity index (χ1) is 12.9. The lowest BCUT2D eigenvalue weighted by Gasteiger charge is -2.31. The largest absolute Gasteiger partial charge is 0.368 e. The zero-order valence-corrected chi connectivity index (χ0v) is 16.8. The lowest BCUT2D eigenvalue weighted by molar-refractivity contribution is -0.131. The summed E-state index contributed by atoms with van der Waals surface area (Å²) in [5.41, 5.74) is -1.05. The van der Waals surface area contributed by atoms with Crippen LogP contribution in [0.25, 0.3) is 0 Å². The van der Waals surface area contributed by atoms with Gasteiger partial charge in [-0.15, -0.1) is 11.3 Å². The Morgan fingerprint density at radius 3 is 2.67 bits per heavy atom. The molecule has 1 saturated heterocycles. The van der Waals surface area contributed by atoms with E-state index in [1.54, 1.807) is 19.9 Å². The molecule has 7 heteroatoms. The predicted octanol–water partition coefficient (Wildman–Crippen LogP) is 2.68. The SMILES string of the molecule is CC1OCC(=O)C1(C)NC(=O)C(CC1CCCCC1)NC(=O)c1cccs1. The van der Waals surface area contributed by atoms with Crippen LogP contribution in [0.3, 0.4) is 0 Å². The molecule has 6 nitrogen and oxygen atoms in total. The normalized spacial score (nSPS) is 27.3. The summed E-state index contributed by atoms with van der Waals surface area (Å²) >= 11 is 1.35. The monoisotopic (exact) mass is 392 g/mol. The van der Waals surface area contributed by atoms with Gasteiger partial charge in [-0.3, -0.25) is 14.4 Å². The van der Waals surface area contributed by atoms with Crippen molar-refractivity contribution in [2.45, 2.75) is 70.1 Å². The van der Waals surface area contributed by atoms with Gasteiger partial charge >= 0.3 is 0 Å². The minimum absolute atomic E-state index is 0.00674. The summed E-state index contributed by atoms with van der Waals surface area (Å²) in [5, 5.41) is 7.60. The maximum atomic E-state index is 13.0. The number of amides is 2. The van der Waals surface area contributed by atoms with Crippen LogP contribution in [-0.4, -0.2) is 41.9 Å². The van der Waals surface area contributed by atoms with Gasteiger partial charge in [-0.1, -0.05) is 38.2 Å². The fourth-order valence-corrected chi connectivity index (χ4v) is 4.51. The van der Waals surface area contributed by atoms with Crippen molar-refractivity contribution in [3.8, 4) is 0 Å². The number of hydrogen-bond acceptors (Lipinski definition) is 5. The highest BCUT2D eigenvalue weighted by molar-refractivity contribution is 7.12. The maximum Gasteiger partial charge on any atom is 0.261 e. The van der Waals surface area contributed by atoms with Crippen LogP contribution in [0, 0.1) is 5.92 Å². The molecular weight excluding hydrogens is 364 g/mol. The van der Waals surface area contributed by atoms with E-state index in [4.69, 9.17) is 4.74 Å². The zero-order chi connectivity index (χ0) is 19.4. The topological polar surface area (TPSA) is 84.5 Å². The van der Waals surface area contributed by atoms with Gasteiger partial charge in [0.15, 0.2) is 5.78 Å². The van der Waals surface area contributed by atoms with Crippen LogP contribution in [0.4, 0.5) is 0 Å². The number of ether oxygens (including phenoxy) is 1. The number of rotatable bonds is 6. The maximum absolute atomic E-state index is 13.0. The van der Waals surface area contributed by atoms with Crippen LogP contribution in [0.2, 0.25) is 0 Å². The molecule has 148 valence electrons. The Morgan fingerprint density at radius 2 is 2.07 bits per heavy atom. The summed E-state index contributed by atoms with van der Waals surface area (Å²) in [6.07, 6.45) is 5.93. The molecule has 1 aliphatic heterocycles. The number of Topliss-reactive ketones (excluding diaryl/α,β-unsaturated/α-hetero) is 1. The highest BCUT2D eigenvalue weighted by Gasteiger charge is 2.47. The first kappa shape index (κ1) is 20.0. The molecule has 27 heavy (non-hydrogen) atoms. The van der Waals surface area contributed by atoms with E-state index in [0.717, 1.165) is 12.8 Å². The van der Waals surface area contributed by atoms with E-state index in [0.29, 0.717) is 17.2 Å². The molecule has 1 aromatic rings. The summed E-state index contributed by atoms with van der Waals surface area (Å²) in [7, 11) is 0. The third-order valence-electron chi connectivity index (χ3n) is 5.90. The molecular formula is C20H28N2O4S. The second-order valence-electron chi connectivity index (χ2n) is 7.81. The molecule has 2 N–H and O–H groups in total. The van der Waals surface area contributed by atoms with Crippen molar-refractivity contribution in [3.05, 3.63) is 22.4 Å². The fraction of sp³-hybridized carbons (Fsp3) is 0.650. The highest BCUT2D eigenvalue weighted by atomic mass is 32.1. The van der Waals surface area contributed by atoms with Crippen LogP contribution in [-0.2, 0) is 14.3 Å². The van der Waals surface area contributed by atoms with E-state index in [1.807, 2.05) is 11.4 Å². The van der Waals surface area contributed by atoms with Gasteiger partial charge in [-0.05, 0) is 37.6 Å². The van der Waals surface area contributed by atoms with Gasteiger partial charge in [0.1, 0.15) is 18.2 Å². The molecule has 1 saturated carbocycles. The number of nitrogens with one attached hydrogen (secondary N) is 2. The van der Waals surface area contributed by atoms with Crippen LogP contribution in [0.5, 0.6) is 0 Å². The van der Waals surface area contributed by atoms with Crippen LogP contribution in [0.15, 0.2) is 17.5 Å². The second kappa shape index (κ2) is 8.52. The highest BCUT2D eigenvalue weighted by Crippen LogP contribution is 2.28. The second-order valence-corrected chi connectivity index (χ2v) is 8.76. The van der Waals surface area contributed by atoms with E-state index < -0.39 is 17.7 Å². The van der Waals surface area contributed by atoms with Crippen LogP contribution < -0.4 is 10.6 Å². The minimum atomic E-state index is -1.05. The van der Waals surface area contributed by atoms with Gasteiger partial charge in [0.2, 0.25) is 5.91 Å². The van der Waals surface area contributed by atoms with E-state index in [9.17, 15) is 14.4 Å². The zero-order valence-electron chi connectivity index (χ0n) is 16.0. The molecule has 0 aromatic carbocycles. The quantitative estimate of drug-likeness (QED) is 0.780. The lowest BCUT2D eigenvalue weighted by Crippen LogP contribution is -2.60. The summed E-state index contributed by atoms with van der Waals surface area (Å²) in [6, 6.07) is 2.90. The first-order valence-corrected chi connectivity index (χ1v) is 10.6. The van der Waals surface area contributed by atoms with E-state index >= 15 is 0 Å². The third kappa shape index (κ3) is 4.58. The van der Waals surface area contributed by atoms with Crippen molar-refractivity contribution in [1.82, 2.24) is 10.6 Å². The van der Waals surface area contributed by atoms with Crippen molar-refractivity contribution in [2.24, 2.45) is 5.92 Å². The van der Waals surface area contributed by atoms with Gasteiger partial charge < -0.3 is 15.4 Å². The Bertz CT molecular complexity index is 684. The molecule has 3 unspecified atom stereocenters.